The molecular formula is C12H10Br2N4O2. The quantitative estimate of drug-likeness (QED) is 0.462. The topological polar surface area (TPSA) is 90.0 Å². The highest BCUT2D eigenvalue weighted by Gasteiger charge is 2.08. The molecular weight excluding hydrogens is 392 g/mol. The lowest BCUT2D eigenvalue weighted by atomic mass is 10.3. The molecule has 0 aliphatic heterocycles. The van der Waals surface area contributed by atoms with Gasteiger partial charge in [-0.1, -0.05) is 6.07 Å². The predicted molar refractivity (Wildman–Crippen MR) is 81.1 cm³/mol. The van der Waals surface area contributed by atoms with Crippen molar-refractivity contribution in [2.75, 3.05) is 0 Å². The molecule has 2 aromatic heterocycles. The van der Waals surface area contributed by atoms with Crippen LogP contribution in [0.5, 0.6) is 0 Å². The zero-order valence-corrected chi connectivity index (χ0v) is 13.3. The molecule has 0 unspecified atom stereocenters. The normalized spacial score (nSPS) is 10.3. The number of nitrogens with zero attached hydrogens (tertiary/aromatic N) is 2. The smallest absolute Gasteiger partial charge is 0.283 e. The number of aromatic nitrogens is 2. The summed E-state index contributed by atoms with van der Waals surface area (Å²) in [6, 6.07) is 6.63. The summed E-state index contributed by atoms with van der Waals surface area (Å²) in [4.78, 5) is 27.5. The Morgan fingerprint density at radius 2 is 2.15 bits per heavy atom. The van der Waals surface area contributed by atoms with Gasteiger partial charge in [0.25, 0.3) is 11.5 Å². The largest absolute Gasteiger partial charge is 0.307 e. The van der Waals surface area contributed by atoms with E-state index in [4.69, 9.17) is 5.84 Å². The summed E-state index contributed by atoms with van der Waals surface area (Å²) in [5.74, 6) is 4.59. The van der Waals surface area contributed by atoms with Crippen LogP contribution in [0.25, 0.3) is 0 Å². The van der Waals surface area contributed by atoms with Gasteiger partial charge < -0.3 is 4.57 Å². The molecule has 0 radical (unpaired) electrons. The summed E-state index contributed by atoms with van der Waals surface area (Å²) in [6.45, 7) is 0.253. The molecule has 8 heteroatoms. The lowest BCUT2D eigenvalue weighted by molar-refractivity contribution is 0.0948. The minimum absolute atomic E-state index is 0.177. The molecule has 0 saturated heterocycles. The minimum atomic E-state index is -0.477. The number of hydrogen-bond acceptors (Lipinski definition) is 4. The first-order chi connectivity index (χ1) is 9.51. The number of carbonyl (C=O) groups excluding carboxylic acids is 1. The Hall–Kier alpha value is -1.51. The van der Waals surface area contributed by atoms with E-state index < -0.39 is 5.91 Å². The molecule has 2 heterocycles. The van der Waals surface area contributed by atoms with Gasteiger partial charge in [-0.25, -0.2) is 10.8 Å². The van der Waals surface area contributed by atoms with Crippen molar-refractivity contribution in [3.63, 3.8) is 0 Å². The van der Waals surface area contributed by atoms with Crippen LogP contribution in [0.3, 0.4) is 0 Å². The fourth-order valence-electron chi connectivity index (χ4n) is 1.62. The van der Waals surface area contributed by atoms with Gasteiger partial charge in [-0.05, 0) is 50.1 Å². The molecule has 6 nitrogen and oxygen atoms in total. The second-order valence-electron chi connectivity index (χ2n) is 3.93. The lowest BCUT2D eigenvalue weighted by Gasteiger charge is -2.08. The van der Waals surface area contributed by atoms with Gasteiger partial charge in [-0.15, -0.1) is 0 Å². The molecule has 1 amide bonds. The Balaban J connectivity index is 2.36. The number of hydrogen-bond donors (Lipinski definition) is 2. The summed E-state index contributed by atoms with van der Waals surface area (Å²) in [6.07, 6.45) is 1.66. The molecule has 0 saturated carbocycles. The van der Waals surface area contributed by atoms with Crippen LogP contribution in [-0.2, 0) is 6.54 Å². The summed E-state index contributed by atoms with van der Waals surface area (Å²) in [7, 11) is 0. The number of rotatable bonds is 3. The first-order valence-corrected chi connectivity index (χ1v) is 7.12. The first-order valence-electron chi connectivity index (χ1n) is 5.53. The van der Waals surface area contributed by atoms with Crippen LogP contribution in [0.1, 0.15) is 16.2 Å². The van der Waals surface area contributed by atoms with Crippen LogP contribution in [-0.4, -0.2) is 15.5 Å². The molecule has 0 aliphatic carbocycles. The zero-order valence-electron chi connectivity index (χ0n) is 10.1. The highest BCUT2D eigenvalue weighted by Crippen LogP contribution is 2.13. The van der Waals surface area contributed by atoms with Gasteiger partial charge in [-0.2, -0.15) is 0 Å². The number of nitrogens with one attached hydrogen (secondary N) is 1. The molecule has 2 aromatic rings. The molecule has 2 rings (SSSR count). The van der Waals surface area contributed by atoms with Gasteiger partial charge in [0.05, 0.1) is 16.7 Å². The number of carbonyl (C=O) groups is 1. The molecule has 0 spiro atoms. The Kier molecular flexibility index (Phi) is 4.69. The third-order valence-corrected chi connectivity index (χ3v) is 3.51. The highest BCUT2D eigenvalue weighted by atomic mass is 79.9. The average Bonchev–Trinajstić information content (AvgIpc) is 2.43. The molecule has 0 aliphatic rings. The van der Waals surface area contributed by atoms with Crippen molar-refractivity contribution in [1.29, 1.82) is 0 Å². The highest BCUT2D eigenvalue weighted by molar-refractivity contribution is 9.11. The lowest BCUT2D eigenvalue weighted by Crippen LogP contribution is -2.31. The van der Waals surface area contributed by atoms with Crippen LogP contribution < -0.4 is 16.8 Å². The standard InChI is InChI=1S/C12H10Br2N4O2/c13-7-4-9(14)12(20)18(5-7)6-8-2-1-3-10(16-8)11(19)17-15/h1-5H,6,15H2,(H,17,19). The van der Waals surface area contributed by atoms with Crippen molar-refractivity contribution in [2.24, 2.45) is 5.84 Å². The number of nitrogen functional groups attached to an aromatic ring is 1. The van der Waals surface area contributed by atoms with Crippen LogP contribution in [0.15, 0.2) is 44.2 Å². The van der Waals surface area contributed by atoms with E-state index in [0.717, 1.165) is 4.47 Å². The third kappa shape index (κ3) is 3.33. The molecule has 0 atom stereocenters. The number of pyridine rings is 2. The van der Waals surface area contributed by atoms with E-state index in [-0.39, 0.29) is 17.8 Å². The summed E-state index contributed by atoms with van der Waals surface area (Å²) in [5.41, 5.74) is 2.62. The van der Waals surface area contributed by atoms with Crippen LogP contribution in [0, 0.1) is 0 Å². The maximum atomic E-state index is 12.0. The van der Waals surface area contributed by atoms with Crippen molar-refractivity contribution >= 4 is 37.8 Å². The number of halogens is 2. The minimum Gasteiger partial charge on any atom is -0.307 e. The van der Waals surface area contributed by atoms with Gasteiger partial charge in [0.15, 0.2) is 0 Å². The van der Waals surface area contributed by atoms with E-state index in [1.165, 1.54) is 4.57 Å². The number of hydrazine groups is 1. The second kappa shape index (κ2) is 6.29. The molecule has 0 fully saturated rings. The average molecular weight is 402 g/mol. The van der Waals surface area contributed by atoms with Crippen molar-refractivity contribution in [3.05, 3.63) is 61.1 Å². The third-order valence-electron chi connectivity index (χ3n) is 2.51. The van der Waals surface area contributed by atoms with Crippen molar-refractivity contribution in [1.82, 2.24) is 15.0 Å². The van der Waals surface area contributed by atoms with Gasteiger partial charge in [-0.3, -0.25) is 15.0 Å². The second-order valence-corrected chi connectivity index (χ2v) is 5.70. The van der Waals surface area contributed by atoms with Crippen molar-refractivity contribution in [3.8, 4) is 0 Å². The predicted octanol–water partition coefficient (Wildman–Crippen LogP) is 1.42. The van der Waals surface area contributed by atoms with Gasteiger partial charge in [0.1, 0.15) is 5.69 Å². The maximum absolute atomic E-state index is 12.0. The fourth-order valence-corrected chi connectivity index (χ4v) is 2.88. The Morgan fingerprint density at radius 1 is 1.40 bits per heavy atom. The SMILES string of the molecule is NNC(=O)c1cccc(Cn2cc(Br)cc(Br)c2=O)n1. The summed E-state index contributed by atoms with van der Waals surface area (Å²) >= 11 is 6.51. The Labute approximate surface area is 131 Å². The van der Waals surface area contributed by atoms with Crippen LogP contribution in [0.2, 0.25) is 0 Å². The maximum Gasteiger partial charge on any atom is 0.283 e. The van der Waals surface area contributed by atoms with E-state index in [0.29, 0.717) is 10.2 Å². The zero-order chi connectivity index (χ0) is 14.7. The Morgan fingerprint density at radius 3 is 2.85 bits per heavy atom. The van der Waals surface area contributed by atoms with E-state index in [2.05, 4.69) is 36.8 Å². The van der Waals surface area contributed by atoms with Crippen molar-refractivity contribution in [2.45, 2.75) is 6.54 Å². The van der Waals surface area contributed by atoms with Gasteiger partial charge >= 0.3 is 0 Å². The number of nitrogens with two attached hydrogens (primary N) is 1. The molecule has 0 aromatic carbocycles. The van der Waals surface area contributed by atoms with Crippen LogP contribution in [0.4, 0.5) is 0 Å². The molecule has 3 N–H and O–H groups in total. The first kappa shape index (κ1) is 14.9. The molecule has 0 bridgehead atoms. The van der Waals surface area contributed by atoms with E-state index in [1.807, 2.05) is 5.43 Å². The van der Waals surface area contributed by atoms with Crippen molar-refractivity contribution < 1.29 is 4.79 Å². The number of amides is 1. The summed E-state index contributed by atoms with van der Waals surface area (Å²) < 4.78 is 2.70. The monoisotopic (exact) mass is 400 g/mol. The summed E-state index contributed by atoms with van der Waals surface area (Å²) in [5, 5.41) is 0. The fraction of sp³-hybridized carbons (Fsp3) is 0.0833. The molecule has 20 heavy (non-hydrogen) atoms. The molecule has 104 valence electrons. The van der Waals surface area contributed by atoms with E-state index in [9.17, 15) is 9.59 Å². The van der Waals surface area contributed by atoms with E-state index >= 15 is 0 Å². The Bertz CT molecular complexity index is 715. The van der Waals surface area contributed by atoms with E-state index in [1.54, 1.807) is 30.5 Å². The van der Waals surface area contributed by atoms with Crippen LogP contribution >= 0.6 is 31.9 Å². The van der Waals surface area contributed by atoms with Gasteiger partial charge in [0, 0.05) is 10.7 Å². The van der Waals surface area contributed by atoms with Gasteiger partial charge in [0.2, 0.25) is 0 Å².